The minimum atomic E-state index is 0.192. The highest BCUT2D eigenvalue weighted by molar-refractivity contribution is 5.50. The summed E-state index contributed by atoms with van der Waals surface area (Å²) in [5.41, 5.74) is 3.82. The molecule has 0 amide bonds. The SMILES string of the molecule is C=CCc1cc(CN2CCCN(Cc3cc(CC=C)cc(OC)c3O)C2)c(O)c(OC)c1. The first-order valence-electron chi connectivity index (χ1n) is 10.9. The number of phenolic OH excluding ortho intramolecular Hbond substituents is 2. The van der Waals surface area contributed by atoms with Gasteiger partial charge in [-0.25, -0.2) is 0 Å². The lowest BCUT2D eigenvalue weighted by atomic mass is 10.0. The molecule has 0 bridgehead atoms. The van der Waals surface area contributed by atoms with Crippen molar-refractivity contribution >= 4 is 0 Å². The molecule has 172 valence electrons. The second kappa shape index (κ2) is 11.1. The molecule has 0 spiro atoms. The molecule has 1 saturated heterocycles. The van der Waals surface area contributed by atoms with Gasteiger partial charge < -0.3 is 19.7 Å². The van der Waals surface area contributed by atoms with Gasteiger partial charge in [0, 0.05) is 37.3 Å². The summed E-state index contributed by atoms with van der Waals surface area (Å²) in [6.45, 7) is 11.5. The molecule has 0 radical (unpaired) electrons. The van der Waals surface area contributed by atoms with E-state index < -0.39 is 0 Å². The van der Waals surface area contributed by atoms with E-state index in [0.29, 0.717) is 24.6 Å². The molecule has 1 heterocycles. The Labute approximate surface area is 191 Å². The second-order valence-corrected chi connectivity index (χ2v) is 8.20. The molecule has 0 unspecified atom stereocenters. The first-order chi connectivity index (χ1) is 15.5. The van der Waals surface area contributed by atoms with Gasteiger partial charge in [0.05, 0.1) is 20.9 Å². The molecule has 0 atom stereocenters. The van der Waals surface area contributed by atoms with E-state index in [9.17, 15) is 10.2 Å². The van der Waals surface area contributed by atoms with E-state index in [1.807, 2.05) is 36.4 Å². The average Bonchev–Trinajstić information content (AvgIpc) is 2.78. The number of nitrogens with zero attached hydrogens (tertiary/aromatic N) is 2. The van der Waals surface area contributed by atoms with E-state index in [1.165, 1.54) is 0 Å². The first kappa shape index (κ1) is 23.7. The molecular formula is C26H34N2O4. The van der Waals surface area contributed by atoms with Crippen molar-refractivity contribution in [1.82, 2.24) is 9.80 Å². The van der Waals surface area contributed by atoms with Crippen molar-refractivity contribution in [2.24, 2.45) is 0 Å². The third kappa shape index (κ3) is 5.64. The predicted octanol–water partition coefficient (Wildman–Crippen LogP) is 4.24. The largest absolute Gasteiger partial charge is 0.504 e. The van der Waals surface area contributed by atoms with Gasteiger partial charge in [0.25, 0.3) is 0 Å². The summed E-state index contributed by atoms with van der Waals surface area (Å²) < 4.78 is 10.7. The Morgan fingerprint density at radius 2 is 1.25 bits per heavy atom. The number of hydrogen-bond acceptors (Lipinski definition) is 6. The fourth-order valence-electron chi connectivity index (χ4n) is 4.26. The lowest BCUT2D eigenvalue weighted by molar-refractivity contribution is 0.0732. The van der Waals surface area contributed by atoms with Gasteiger partial charge in [0.15, 0.2) is 23.0 Å². The molecule has 2 aromatic carbocycles. The van der Waals surface area contributed by atoms with Gasteiger partial charge in [0.1, 0.15) is 0 Å². The number of benzene rings is 2. The quantitative estimate of drug-likeness (QED) is 0.541. The summed E-state index contributed by atoms with van der Waals surface area (Å²) >= 11 is 0. The number of allylic oxidation sites excluding steroid dienone is 2. The maximum absolute atomic E-state index is 10.6. The molecule has 0 saturated carbocycles. The molecule has 6 nitrogen and oxygen atoms in total. The number of rotatable bonds is 10. The summed E-state index contributed by atoms with van der Waals surface area (Å²) in [5.74, 6) is 1.36. The van der Waals surface area contributed by atoms with Crippen LogP contribution in [-0.4, -0.2) is 54.0 Å². The van der Waals surface area contributed by atoms with Crippen LogP contribution in [0.5, 0.6) is 23.0 Å². The van der Waals surface area contributed by atoms with Gasteiger partial charge in [0.2, 0.25) is 0 Å². The predicted molar refractivity (Wildman–Crippen MR) is 127 cm³/mol. The number of aromatic hydroxyl groups is 2. The molecule has 1 fully saturated rings. The molecule has 0 aliphatic carbocycles. The molecular weight excluding hydrogens is 404 g/mol. The topological polar surface area (TPSA) is 65.4 Å². The summed E-state index contributed by atoms with van der Waals surface area (Å²) in [4.78, 5) is 4.61. The summed E-state index contributed by atoms with van der Waals surface area (Å²) in [6, 6.07) is 7.76. The number of ether oxygens (including phenoxy) is 2. The van der Waals surface area contributed by atoms with Crippen molar-refractivity contribution in [2.75, 3.05) is 34.0 Å². The van der Waals surface area contributed by atoms with Crippen LogP contribution in [0, 0.1) is 0 Å². The molecule has 2 aromatic rings. The highest BCUT2D eigenvalue weighted by Crippen LogP contribution is 2.35. The Hall–Kier alpha value is -2.96. The van der Waals surface area contributed by atoms with E-state index in [0.717, 1.165) is 61.3 Å². The van der Waals surface area contributed by atoms with Crippen LogP contribution in [0.1, 0.15) is 28.7 Å². The zero-order valence-electron chi connectivity index (χ0n) is 19.1. The minimum Gasteiger partial charge on any atom is -0.504 e. The molecule has 3 rings (SSSR count). The number of methoxy groups -OCH3 is 2. The van der Waals surface area contributed by atoms with Crippen LogP contribution < -0.4 is 9.47 Å². The van der Waals surface area contributed by atoms with Crippen molar-refractivity contribution in [3.8, 4) is 23.0 Å². The molecule has 2 N–H and O–H groups in total. The third-order valence-electron chi connectivity index (χ3n) is 5.76. The van der Waals surface area contributed by atoms with Gasteiger partial charge in [-0.15, -0.1) is 13.2 Å². The molecule has 1 aliphatic heterocycles. The number of phenols is 2. The Bertz CT molecular complexity index is 882. The normalized spacial score (nSPS) is 14.8. The van der Waals surface area contributed by atoms with Crippen molar-refractivity contribution < 1.29 is 19.7 Å². The van der Waals surface area contributed by atoms with Crippen molar-refractivity contribution in [3.63, 3.8) is 0 Å². The summed E-state index contributed by atoms with van der Waals surface area (Å²) in [7, 11) is 3.14. The fraction of sp³-hybridized carbons (Fsp3) is 0.385. The van der Waals surface area contributed by atoms with E-state index in [2.05, 4.69) is 23.0 Å². The van der Waals surface area contributed by atoms with Gasteiger partial charge in [-0.2, -0.15) is 0 Å². The van der Waals surface area contributed by atoms with E-state index >= 15 is 0 Å². The maximum Gasteiger partial charge on any atom is 0.162 e. The van der Waals surface area contributed by atoms with Crippen molar-refractivity contribution in [1.29, 1.82) is 0 Å². The Morgan fingerprint density at radius 3 is 1.62 bits per heavy atom. The highest BCUT2D eigenvalue weighted by atomic mass is 16.5. The minimum absolute atomic E-state index is 0.192. The zero-order valence-corrected chi connectivity index (χ0v) is 19.1. The lowest BCUT2D eigenvalue weighted by Crippen LogP contribution is -2.43. The highest BCUT2D eigenvalue weighted by Gasteiger charge is 2.22. The average molecular weight is 439 g/mol. The van der Waals surface area contributed by atoms with Gasteiger partial charge in [-0.05, 0) is 42.5 Å². The lowest BCUT2D eigenvalue weighted by Gasteiger charge is -2.36. The Balaban J connectivity index is 1.75. The van der Waals surface area contributed by atoms with Gasteiger partial charge >= 0.3 is 0 Å². The molecule has 6 heteroatoms. The van der Waals surface area contributed by atoms with Crippen molar-refractivity contribution in [3.05, 3.63) is 71.8 Å². The van der Waals surface area contributed by atoms with E-state index in [-0.39, 0.29) is 11.5 Å². The first-order valence-corrected chi connectivity index (χ1v) is 10.9. The van der Waals surface area contributed by atoms with E-state index in [4.69, 9.17) is 9.47 Å². The Morgan fingerprint density at radius 1 is 0.812 bits per heavy atom. The number of hydrogen-bond donors (Lipinski definition) is 2. The molecule has 1 aliphatic rings. The maximum atomic E-state index is 10.6. The summed E-state index contributed by atoms with van der Waals surface area (Å²) in [5, 5.41) is 21.3. The molecule has 32 heavy (non-hydrogen) atoms. The summed E-state index contributed by atoms with van der Waals surface area (Å²) in [6.07, 6.45) is 6.14. The molecule has 0 aromatic heterocycles. The van der Waals surface area contributed by atoms with Gasteiger partial charge in [-0.1, -0.05) is 24.3 Å². The third-order valence-corrected chi connectivity index (χ3v) is 5.76. The van der Waals surface area contributed by atoms with Crippen LogP contribution >= 0.6 is 0 Å². The zero-order chi connectivity index (χ0) is 23.1. The fourth-order valence-corrected chi connectivity index (χ4v) is 4.26. The Kier molecular flexibility index (Phi) is 8.20. The second-order valence-electron chi connectivity index (χ2n) is 8.20. The van der Waals surface area contributed by atoms with Crippen LogP contribution in [0.25, 0.3) is 0 Å². The monoisotopic (exact) mass is 438 g/mol. The standard InChI is InChI=1S/C26H34N2O4/c1-5-8-19-12-21(25(29)23(14-19)31-3)16-27-10-7-11-28(18-27)17-22-13-20(9-6-2)15-24(32-4)26(22)30/h5-6,12-15,29-30H,1-2,7-11,16-18H2,3-4H3. The van der Waals surface area contributed by atoms with Gasteiger partial charge in [-0.3, -0.25) is 9.80 Å². The van der Waals surface area contributed by atoms with Crippen LogP contribution in [-0.2, 0) is 25.9 Å². The van der Waals surface area contributed by atoms with Crippen LogP contribution in [0.15, 0.2) is 49.6 Å². The van der Waals surface area contributed by atoms with E-state index in [1.54, 1.807) is 14.2 Å². The smallest absolute Gasteiger partial charge is 0.162 e. The van der Waals surface area contributed by atoms with Crippen LogP contribution in [0.3, 0.4) is 0 Å². The van der Waals surface area contributed by atoms with Crippen LogP contribution in [0.2, 0.25) is 0 Å². The van der Waals surface area contributed by atoms with Crippen molar-refractivity contribution in [2.45, 2.75) is 32.4 Å². The van der Waals surface area contributed by atoms with Crippen LogP contribution in [0.4, 0.5) is 0 Å².